The summed E-state index contributed by atoms with van der Waals surface area (Å²) in [4.78, 5) is 37.1. The smallest absolute Gasteiger partial charge is 0.278 e. The van der Waals surface area contributed by atoms with Crippen LogP contribution in [0.3, 0.4) is 0 Å². The maximum Gasteiger partial charge on any atom is 0.278 e. The van der Waals surface area contributed by atoms with Crippen molar-refractivity contribution in [2.24, 2.45) is 0 Å². The molecule has 0 bridgehead atoms. The van der Waals surface area contributed by atoms with E-state index in [2.05, 4.69) is 52.1 Å². The van der Waals surface area contributed by atoms with Crippen molar-refractivity contribution in [2.45, 2.75) is 51.2 Å². The van der Waals surface area contributed by atoms with Crippen molar-refractivity contribution >= 4 is 22.7 Å². The molecule has 6 rings (SSSR count). The normalized spacial score (nSPS) is 16.3. The molecular formula is C27H30N8O2. The SMILES string of the molecule is C=CCn1c(=O)c2cnc(Nc3ccc4c(c3)CN(C)CC43CC3)nc2n1-c1ccc(=O)n(C(C)C)n1. The number of hydrogen-bond acceptors (Lipinski definition) is 7. The molecule has 0 saturated heterocycles. The van der Waals surface area contributed by atoms with Gasteiger partial charge in [0.15, 0.2) is 11.5 Å². The van der Waals surface area contributed by atoms with E-state index in [4.69, 9.17) is 4.98 Å². The van der Waals surface area contributed by atoms with E-state index in [1.807, 2.05) is 13.8 Å². The van der Waals surface area contributed by atoms with E-state index in [-0.39, 0.29) is 23.7 Å². The predicted molar refractivity (Wildman–Crippen MR) is 143 cm³/mol. The van der Waals surface area contributed by atoms with Gasteiger partial charge in [0.1, 0.15) is 5.39 Å². The van der Waals surface area contributed by atoms with Crippen molar-refractivity contribution in [3.8, 4) is 5.82 Å². The number of allylic oxidation sites excluding steroid dienone is 1. The van der Waals surface area contributed by atoms with Crippen LogP contribution in [0.1, 0.15) is 43.9 Å². The minimum absolute atomic E-state index is 0.140. The quantitative estimate of drug-likeness (QED) is 0.408. The summed E-state index contributed by atoms with van der Waals surface area (Å²) >= 11 is 0. The summed E-state index contributed by atoms with van der Waals surface area (Å²) in [5.74, 6) is 0.790. The molecule has 1 aromatic carbocycles. The molecule has 4 aromatic rings. The van der Waals surface area contributed by atoms with Gasteiger partial charge in [-0.05, 0) is 63.1 Å². The van der Waals surface area contributed by atoms with Crippen LogP contribution in [0.25, 0.3) is 16.9 Å². The average Bonchev–Trinajstić information content (AvgIpc) is 3.57. The maximum absolute atomic E-state index is 13.2. The third kappa shape index (κ3) is 3.88. The van der Waals surface area contributed by atoms with Gasteiger partial charge in [0, 0.05) is 36.5 Å². The summed E-state index contributed by atoms with van der Waals surface area (Å²) in [5, 5.41) is 8.21. The highest BCUT2D eigenvalue weighted by atomic mass is 16.1. The van der Waals surface area contributed by atoms with Crippen LogP contribution in [0.2, 0.25) is 0 Å². The lowest BCUT2D eigenvalue weighted by Crippen LogP contribution is -2.35. The van der Waals surface area contributed by atoms with E-state index in [9.17, 15) is 9.59 Å². The van der Waals surface area contributed by atoms with Gasteiger partial charge in [-0.1, -0.05) is 12.1 Å². The third-order valence-corrected chi connectivity index (χ3v) is 7.29. The minimum Gasteiger partial charge on any atom is -0.324 e. The average molecular weight is 499 g/mol. The molecule has 3 aromatic heterocycles. The van der Waals surface area contributed by atoms with Gasteiger partial charge in [0.05, 0.1) is 12.6 Å². The summed E-state index contributed by atoms with van der Waals surface area (Å²) in [6.07, 6.45) is 5.66. The van der Waals surface area contributed by atoms with Crippen molar-refractivity contribution in [1.29, 1.82) is 0 Å². The molecule has 190 valence electrons. The molecule has 1 aliphatic heterocycles. The van der Waals surface area contributed by atoms with Crippen LogP contribution in [0.5, 0.6) is 0 Å². The molecule has 0 unspecified atom stereocenters. The second-order valence-electron chi connectivity index (χ2n) is 10.4. The Labute approximate surface area is 213 Å². The largest absolute Gasteiger partial charge is 0.324 e. The monoisotopic (exact) mass is 498 g/mol. The Kier molecular flexibility index (Phi) is 5.38. The number of likely N-dealkylation sites (N-methyl/N-ethyl adjacent to an activating group) is 1. The number of rotatable bonds is 6. The molecule has 10 heteroatoms. The molecular weight excluding hydrogens is 468 g/mol. The molecule has 1 N–H and O–H groups in total. The van der Waals surface area contributed by atoms with E-state index >= 15 is 0 Å². The number of hydrogen-bond donors (Lipinski definition) is 1. The zero-order valence-electron chi connectivity index (χ0n) is 21.3. The molecule has 0 atom stereocenters. The molecule has 0 radical (unpaired) electrons. The highest BCUT2D eigenvalue weighted by Gasteiger charge is 2.48. The second kappa shape index (κ2) is 8.52. The van der Waals surface area contributed by atoms with Crippen LogP contribution in [-0.4, -0.2) is 47.6 Å². The highest BCUT2D eigenvalue weighted by Crippen LogP contribution is 2.52. The fourth-order valence-electron chi connectivity index (χ4n) is 5.48. The number of anilines is 2. The third-order valence-electron chi connectivity index (χ3n) is 7.29. The number of nitrogens with one attached hydrogen (secondary N) is 1. The molecule has 4 heterocycles. The van der Waals surface area contributed by atoms with Gasteiger partial charge in [-0.25, -0.2) is 19.0 Å². The van der Waals surface area contributed by atoms with Gasteiger partial charge in [0.2, 0.25) is 5.95 Å². The van der Waals surface area contributed by atoms with E-state index in [0.717, 1.165) is 18.8 Å². The predicted octanol–water partition coefficient (Wildman–Crippen LogP) is 3.13. The van der Waals surface area contributed by atoms with Crippen molar-refractivity contribution in [2.75, 3.05) is 18.9 Å². The number of fused-ring (bicyclic) bond motifs is 3. The second-order valence-corrected chi connectivity index (χ2v) is 10.4. The molecule has 0 amide bonds. The lowest BCUT2D eigenvalue weighted by Gasteiger charge is -2.32. The fraction of sp³-hybridized carbons (Fsp3) is 0.370. The zero-order chi connectivity index (χ0) is 25.9. The van der Waals surface area contributed by atoms with Crippen molar-refractivity contribution in [3.05, 3.63) is 81.0 Å². The summed E-state index contributed by atoms with van der Waals surface area (Å²) in [6.45, 7) is 9.83. The molecule has 1 aliphatic carbocycles. The standard InChI is InChI=1S/C27H30N8O2/c1-5-12-33-25(37)20-14-28-26(30-24(20)35(33)22-8-9-23(36)34(31-22)17(2)3)29-19-6-7-21-18(13-19)15-32(4)16-27(21)10-11-27/h5-9,13-14,17H,1,10-12,15-16H2,2-4H3,(H,28,29,30). The van der Waals surface area contributed by atoms with Crippen LogP contribution >= 0.6 is 0 Å². The van der Waals surface area contributed by atoms with E-state index in [1.54, 1.807) is 16.8 Å². The summed E-state index contributed by atoms with van der Waals surface area (Å²) in [5.41, 5.74) is 3.93. The van der Waals surface area contributed by atoms with Gasteiger partial charge >= 0.3 is 0 Å². The molecule has 1 fully saturated rings. The van der Waals surface area contributed by atoms with Crippen LogP contribution in [0.4, 0.5) is 11.6 Å². The van der Waals surface area contributed by atoms with Gasteiger partial charge in [-0.15, -0.1) is 11.7 Å². The van der Waals surface area contributed by atoms with Crippen LogP contribution < -0.4 is 16.4 Å². The van der Waals surface area contributed by atoms with Gasteiger partial charge < -0.3 is 10.2 Å². The lowest BCUT2D eigenvalue weighted by atomic mass is 9.87. The Hall–Kier alpha value is -4.05. The van der Waals surface area contributed by atoms with Crippen molar-refractivity contribution in [3.63, 3.8) is 0 Å². The van der Waals surface area contributed by atoms with Crippen molar-refractivity contribution in [1.82, 2.24) is 34.0 Å². The maximum atomic E-state index is 13.2. The molecule has 10 nitrogen and oxygen atoms in total. The van der Waals surface area contributed by atoms with E-state index in [0.29, 0.717) is 28.2 Å². The molecule has 2 aliphatic rings. The molecule has 1 saturated carbocycles. The molecule has 37 heavy (non-hydrogen) atoms. The van der Waals surface area contributed by atoms with Crippen LogP contribution in [0.15, 0.2) is 58.8 Å². The van der Waals surface area contributed by atoms with Crippen molar-refractivity contribution < 1.29 is 0 Å². The lowest BCUT2D eigenvalue weighted by molar-refractivity contribution is 0.271. The van der Waals surface area contributed by atoms with Gasteiger partial charge in [-0.2, -0.15) is 4.98 Å². The first kappa shape index (κ1) is 23.4. The Morgan fingerprint density at radius 1 is 1.19 bits per heavy atom. The first-order chi connectivity index (χ1) is 17.8. The van der Waals surface area contributed by atoms with Crippen LogP contribution in [-0.2, 0) is 18.5 Å². The zero-order valence-corrected chi connectivity index (χ0v) is 21.3. The summed E-state index contributed by atoms with van der Waals surface area (Å²) in [7, 11) is 2.17. The Balaban J connectivity index is 1.44. The Bertz CT molecular complexity index is 1660. The van der Waals surface area contributed by atoms with Gasteiger partial charge in [0.25, 0.3) is 11.1 Å². The van der Waals surface area contributed by atoms with E-state index in [1.165, 1.54) is 45.6 Å². The molecule has 1 spiro atoms. The Morgan fingerprint density at radius 3 is 2.73 bits per heavy atom. The first-order valence-corrected chi connectivity index (χ1v) is 12.6. The topological polar surface area (TPSA) is 103 Å². The summed E-state index contributed by atoms with van der Waals surface area (Å²) in [6, 6.07) is 9.39. The minimum atomic E-state index is -0.253. The number of aromatic nitrogens is 6. The van der Waals surface area contributed by atoms with Gasteiger partial charge in [-0.3, -0.25) is 9.59 Å². The Morgan fingerprint density at radius 2 is 2.00 bits per heavy atom. The highest BCUT2D eigenvalue weighted by molar-refractivity contribution is 5.77. The van der Waals surface area contributed by atoms with Crippen LogP contribution in [0, 0.1) is 0 Å². The summed E-state index contributed by atoms with van der Waals surface area (Å²) < 4.78 is 4.52. The first-order valence-electron chi connectivity index (χ1n) is 12.6. The number of nitrogens with zero attached hydrogens (tertiary/aromatic N) is 7. The fourth-order valence-corrected chi connectivity index (χ4v) is 5.48. The number of benzene rings is 1. The van der Waals surface area contributed by atoms with E-state index < -0.39 is 0 Å².